The van der Waals surface area contributed by atoms with Gasteiger partial charge in [-0.3, -0.25) is 0 Å². The lowest BCUT2D eigenvalue weighted by atomic mass is 10.3. The number of fused-ring (bicyclic) bond motifs is 1. The number of nitrogen functional groups attached to an aromatic ring is 1. The average Bonchev–Trinajstić information content (AvgIpc) is 2.44. The van der Waals surface area contributed by atoms with Crippen LogP contribution >= 0.6 is 15.9 Å². The number of nitrogens with zero attached hydrogens (tertiary/aromatic N) is 3. The van der Waals surface area contributed by atoms with Crippen LogP contribution in [0.1, 0.15) is 0 Å². The Labute approximate surface area is 121 Å². The third-order valence-electron chi connectivity index (χ3n) is 2.60. The molecule has 7 heteroatoms. The van der Waals surface area contributed by atoms with E-state index in [4.69, 9.17) is 10.5 Å². The van der Waals surface area contributed by atoms with Crippen LogP contribution in [0.5, 0.6) is 11.8 Å². The Balaban J connectivity index is 1.99. The Morgan fingerprint density at radius 1 is 1.10 bits per heavy atom. The number of para-hydroxylation sites is 1. The Morgan fingerprint density at radius 2 is 1.85 bits per heavy atom. The van der Waals surface area contributed by atoms with Gasteiger partial charge < -0.3 is 10.5 Å². The van der Waals surface area contributed by atoms with Crippen molar-refractivity contribution in [2.24, 2.45) is 0 Å². The highest BCUT2D eigenvalue weighted by Crippen LogP contribution is 2.30. The predicted molar refractivity (Wildman–Crippen MR) is 75.9 cm³/mol. The standard InChI is InChI=1S/C13H8BrFN4O/c14-7-5-9(16)12(6-8(7)15)20-13-17-10-3-1-2-4-11(10)18-19-13/h1-6H,16H2. The van der Waals surface area contributed by atoms with Crippen LogP contribution < -0.4 is 10.5 Å². The molecule has 2 aromatic carbocycles. The maximum absolute atomic E-state index is 13.5. The summed E-state index contributed by atoms with van der Waals surface area (Å²) in [5.41, 5.74) is 7.31. The summed E-state index contributed by atoms with van der Waals surface area (Å²) in [6.07, 6.45) is 0. The summed E-state index contributed by atoms with van der Waals surface area (Å²) in [5, 5.41) is 7.79. The zero-order valence-corrected chi connectivity index (χ0v) is 11.6. The first-order chi connectivity index (χ1) is 9.63. The normalized spacial score (nSPS) is 10.7. The van der Waals surface area contributed by atoms with E-state index < -0.39 is 5.82 Å². The van der Waals surface area contributed by atoms with Crippen LogP contribution in [-0.2, 0) is 0 Å². The molecule has 0 atom stereocenters. The number of hydrogen-bond donors (Lipinski definition) is 1. The summed E-state index contributed by atoms with van der Waals surface area (Å²) < 4.78 is 19.1. The number of anilines is 1. The van der Waals surface area contributed by atoms with Gasteiger partial charge in [0.2, 0.25) is 0 Å². The molecule has 0 saturated carbocycles. The number of benzene rings is 2. The first-order valence-corrected chi connectivity index (χ1v) is 6.44. The van der Waals surface area contributed by atoms with Crippen LogP contribution in [0.25, 0.3) is 11.0 Å². The summed E-state index contributed by atoms with van der Waals surface area (Å²) in [5.74, 6) is -0.342. The fourth-order valence-electron chi connectivity index (χ4n) is 1.64. The first-order valence-electron chi connectivity index (χ1n) is 5.65. The summed E-state index contributed by atoms with van der Waals surface area (Å²) in [7, 11) is 0. The fourth-order valence-corrected chi connectivity index (χ4v) is 2.00. The van der Waals surface area contributed by atoms with Gasteiger partial charge in [0.15, 0.2) is 5.75 Å². The largest absolute Gasteiger partial charge is 0.421 e. The highest BCUT2D eigenvalue weighted by Gasteiger charge is 2.10. The minimum atomic E-state index is -0.483. The Bertz CT molecular complexity index is 796. The van der Waals surface area contributed by atoms with Crippen molar-refractivity contribution >= 4 is 32.7 Å². The van der Waals surface area contributed by atoms with Gasteiger partial charge in [-0.25, -0.2) is 4.39 Å². The lowest BCUT2D eigenvalue weighted by Crippen LogP contribution is -1.98. The van der Waals surface area contributed by atoms with Crippen LogP contribution in [-0.4, -0.2) is 15.2 Å². The molecule has 0 radical (unpaired) electrons. The van der Waals surface area contributed by atoms with Crippen LogP contribution in [0.2, 0.25) is 0 Å². The van der Waals surface area contributed by atoms with Crippen molar-refractivity contribution in [2.75, 3.05) is 5.73 Å². The van der Waals surface area contributed by atoms with Crippen molar-refractivity contribution in [3.8, 4) is 11.8 Å². The van der Waals surface area contributed by atoms with E-state index >= 15 is 0 Å². The zero-order chi connectivity index (χ0) is 14.1. The second-order valence-corrected chi connectivity index (χ2v) is 4.84. The Morgan fingerprint density at radius 3 is 2.65 bits per heavy atom. The van der Waals surface area contributed by atoms with E-state index in [0.717, 1.165) is 6.07 Å². The maximum Gasteiger partial charge on any atom is 0.341 e. The van der Waals surface area contributed by atoms with E-state index in [-0.39, 0.29) is 21.9 Å². The zero-order valence-electron chi connectivity index (χ0n) is 10.0. The van der Waals surface area contributed by atoms with Gasteiger partial charge in [-0.2, -0.15) is 4.98 Å². The van der Waals surface area contributed by atoms with Crippen molar-refractivity contribution < 1.29 is 9.13 Å². The minimum absolute atomic E-state index is 0.0112. The van der Waals surface area contributed by atoms with Gasteiger partial charge in [0.25, 0.3) is 0 Å². The molecule has 0 fully saturated rings. The molecule has 1 aromatic heterocycles. The molecule has 0 saturated heterocycles. The molecular weight excluding hydrogens is 327 g/mol. The molecule has 0 spiro atoms. The second-order valence-electron chi connectivity index (χ2n) is 3.99. The van der Waals surface area contributed by atoms with Gasteiger partial charge in [0.05, 0.1) is 15.7 Å². The van der Waals surface area contributed by atoms with E-state index in [2.05, 4.69) is 31.1 Å². The van der Waals surface area contributed by atoms with Crippen molar-refractivity contribution in [2.45, 2.75) is 0 Å². The summed E-state index contributed by atoms with van der Waals surface area (Å²) in [6.45, 7) is 0. The minimum Gasteiger partial charge on any atom is -0.421 e. The predicted octanol–water partition coefficient (Wildman–Crippen LogP) is 3.30. The second kappa shape index (κ2) is 5.01. The topological polar surface area (TPSA) is 73.9 Å². The SMILES string of the molecule is Nc1cc(Br)c(F)cc1Oc1nnc2ccccc2n1. The summed E-state index contributed by atoms with van der Waals surface area (Å²) >= 11 is 3.04. The molecule has 5 nitrogen and oxygen atoms in total. The van der Waals surface area contributed by atoms with E-state index in [1.54, 1.807) is 12.1 Å². The number of nitrogens with two attached hydrogens (primary N) is 1. The van der Waals surface area contributed by atoms with E-state index in [1.165, 1.54) is 6.07 Å². The van der Waals surface area contributed by atoms with Crippen molar-refractivity contribution in [3.63, 3.8) is 0 Å². The number of rotatable bonds is 2. The molecule has 0 aliphatic heterocycles. The molecule has 0 amide bonds. The summed E-state index contributed by atoms with van der Waals surface area (Å²) in [6, 6.07) is 9.82. The third-order valence-corrected chi connectivity index (χ3v) is 3.20. The molecule has 20 heavy (non-hydrogen) atoms. The Kier molecular flexibility index (Phi) is 3.19. The molecule has 1 heterocycles. The number of halogens is 2. The molecule has 2 N–H and O–H groups in total. The van der Waals surface area contributed by atoms with E-state index in [1.807, 2.05) is 12.1 Å². The quantitative estimate of drug-likeness (QED) is 0.728. The van der Waals surface area contributed by atoms with Crippen LogP contribution in [0.4, 0.5) is 10.1 Å². The number of aromatic nitrogens is 3. The van der Waals surface area contributed by atoms with Gasteiger partial charge in [-0.1, -0.05) is 17.2 Å². The molecule has 100 valence electrons. The van der Waals surface area contributed by atoms with Crippen molar-refractivity contribution in [1.29, 1.82) is 0 Å². The van der Waals surface area contributed by atoms with Gasteiger partial charge in [0.1, 0.15) is 11.3 Å². The molecule has 0 aliphatic rings. The summed E-state index contributed by atoms with van der Waals surface area (Å²) in [4.78, 5) is 4.18. The number of ether oxygens (including phenoxy) is 1. The molecular formula is C13H8BrFN4O. The monoisotopic (exact) mass is 334 g/mol. The third kappa shape index (κ3) is 2.39. The molecule has 0 unspecified atom stereocenters. The molecule has 3 aromatic rings. The highest BCUT2D eigenvalue weighted by atomic mass is 79.9. The maximum atomic E-state index is 13.5. The van der Waals surface area contributed by atoms with Crippen LogP contribution in [0.15, 0.2) is 40.9 Å². The van der Waals surface area contributed by atoms with Crippen LogP contribution in [0, 0.1) is 5.82 Å². The lowest BCUT2D eigenvalue weighted by molar-refractivity contribution is 0.435. The molecule has 3 rings (SSSR count). The van der Waals surface area contributed by atoms with E-state index in [0.29, 0.717) is 11.0 Å². The van der Waals surface area contributed by atoms with Gasteiger partial charge in [-0.15, -0.1) is 5.10 Å². The van der Waals surface area contributed by atoms with Gasteiger partial charge >= 0.3 is 6.01 Å². The Hall–Kier alpha value is -2.28. The van der Waals surface area contributed by atoms with Gasteiger partial charge in [-0.05, 0) is 34.1 Å². The molecule has 0 bridgehead atoms. The smallest absolute Gasteiger partial charge is 0.341 e. The lowest BCUT2D eigenvalue weighted by Gasteiger charge is -2.07. The first kappa shape index (κ1) is 12.7. The fraction of sp³-hybridized carbons (Fsp3) is 0. The van der Waals surface area contributed by atoms with Gasteiger partial charge in [0, 0.05) is 6.07 Å². The van der Waals surface area contributed by atoms with E-state index in [9.17, 15) is 4.39 Å². The molecule has 0 aliphatic carbocycles. The average molecular weight is 335 g/mol. The highest BCUT2D eigenvalue weighted by molar-refractivity contribution is 9.10. The van der Waals surface area contributed by atoms with Crippen molar-refractivity contribution in [1.82, 2.24) is 15.2 Å². The van der Waals surface area contributed by atoms with Crippen LogP contribution in [0.3, 0.4) is 0 Å². The van der Waals surface area contributed by atoms with Crippen molar-refractivity contribution in [3.05, 3.63) is 46.7 Å². The number of hydrogen-bond acceptors (Lipinski definition) is 5.